The van der Waals surface area contributed by atoms with Crippen LogP contribution in [0.25, 0.3) is 11.3 Å². The van der Waals surface area contributed by atoms with Gasteiger partial charge in [-0.2, -0.15) is 5.10 Å². The van der Waals surface area contributed by atoms with Crippen molar-refractivity contribution < 1.29 is 0 Å². The van der Waals surface area contributed by atoms with E-state index in [9.17, 15) is 0 Å². The second-order valence-corrected chi connectivity index (χ2v) is 4.09. The highest BCUT2D eigenvalue weighted by atomic mass is 79.9. The Morgan fingerprint density at radius 2 is 2.00 bits per heavy atom. The van der Waals surface area contributed by atoms with Crippen LogP contribution in [-0.4, -0.2) is 10.2 Å². The number of rotatable bonds is 2. The van der Waals surface area contributed by atoms with E-state index in [4.69, 9.17) is 11.6 Å². The molecule has 0 radical (unpaired) electrons. The first-order valence-electron chi connectivity index (χ1n) is 4.15. The quantitative estimate of drug-likeness (QED) is 0.831. The maximum absolute atomic E-state index is 5.79. The van der Waals surface area contributed by atoms with Gasteiger partial charge in [0.05, 0.1) is 17.8 Å². The Bertz CT molecular complexity index is 422. The van der Waals surface area contributed by atoms with Crippen LogP contribution < -0.4 is 0 Å². The van der Waals surface area contributed by atoms with Crippen LogP contribution in [-0.2, 0) is 5.88 Å². The Morgan fingerprint density at radius 1 is 1.29 bits per heavy atom. The lowest BCUT2D eigenvalue weighted by Crippen LogP contribution is -1.82. The zero-order valence-electron chi connectivity index (χ0n) is 7.30. The molecule has 1 aromatic heterocycles. The minimum atomic E-state index is 0.474. The van der Waals surface area contributed by atoms with Gasteiger partial charge in [0, 0.05) is 10.0 Å². The van der Waals surface area contributed by atoms with Crippen LogP contribution in [0.1, 0.15) is 5.56 Å². The van der Waals surface area contributed by atoms with Crippen LogP contribution >= 0.6 is 27.5 Å². The van der Waals surface area contributed by atoms with Gasteiger partial charge in [-0.05, 0) is 17.7 Å². The number of aromatic amines is 1. The van der Waals surface area contributed by atoms with E-state index in [1.165, 1.54) is 0 Å². The lowest BCUT2D eigenvalue weighted by molar-refractivity contribution is 1.10. The molecule has 14 heavy (non-hydrogen) atoms. The molecule has 2 rings (SSSR count). The summed E-state index contributed by atoms with van der Waals surface area (Å²) in [5.74, 6) is 0.474. The highest BCUT2D eigenvalue weighted by Crippen LogP contribution is 2.23. The number of alkyl halides is 1. The molecule has 1 heterocycles. The van der Waals surface area contributed by atoms with Gasteiger partial charge < -0.3 is 0 Å². The third-order valence-electron chi connectivity index (χ3n) is 1.99. The molecule has 2 aromatic rings. The number of nitrogens with one attached hydrogen (secondary N) is 1. The molecule has 0 aliphatic carbocycles. The van der Waals surface area contributed by atoms with Crippen molar-refractivity contribution >= 4 is 27.5 Å². The molecule has 0 aliphatic heterocycles. The third kappa shape index (κ3) is 1.83. The normalized spacial score (nSPS) is 10.4. The minimum absolute atomic E-state index is 0.474. The van der Waals surface area contributed by atoms with Crippen molar-refractivity contribution in [2.75, 3.05) is 0 Å². The summed E-state index contributed by atoms with van der Waals surface area (Å²) in [6.45, 7) is 0. The van der Waals surface area contributed by atoms with Gasteiger partial charge in [0.1, 0.15) is 0 Å². The Morgan fingerprint density at radius 3 is 2.64 bits per heavy atom. The number of hydrogen-bond acceptors (Lipinski definition) is 1. The van der Waals surface area contributed by atoms with E-state index in [-0.39, 0.29) is 0 Å². The molecule has 0 amide bonds. The first-order valence-corrected chi connectivity index (χ1v) is 5.48. The highest BCUT2D eigenvalue weighted by Gasteiger charge is 2.05. The molecular weight excluding hydrogens is 263 g/mol. The maximum atomic E-state index is 5.79. The Kier molecular flexibility index (Phi) is 2.89. The van der Waals surface area contributed by atoms with Gasteiger partial charge in [-0.1, -0.05) is 28.1 Å². The van der Waals surface area contributed by atoms with Crippen molar-refractivity contribution in [3.63, 3.8) is 0 Å². The molecule has 1 N–H and O–H groups in total. The average Bonchev–Trinajstić information content (AvgIpc) is 2.67. The molecule has 0 spiro atoms. The zero-order valence-corrected chi connectivity index (χ0v) is 9.64. The zero-order chi connectivity index (χ0) is 9.97. The Labute approximate surface area is 95.4 Å². The number of H-pyrrole nitrogens is 1. The highest BCUT2D eigenvalue weighted by molar-refractivity contribution is 9.10. The Hall–Kier alpha value is -0.800. The van der Waals surface area contributed by atoms with Crippen LogP contribution in [0.3, 0.4) is 0 Å². The predicted octanol–water partition coefficient (Wildman–Crippen LogP) is 3.58. The van der Waals surface area contributed by atoms with E-state index in [2.05, 4.69) is 26.1 Å². The summed E-state index contributed by atoms with van der Waals surface area (Å²) in [7, 11) is 0. The van der Waals surface area contributed by atoms with Gasteiger partial charge in [-0.3, -0.25) is 5.10 Å². The first kappa shape index (κ1) is 9.74. The number of nitrogens with zero attached hydrogens (tertiary/aromatic N) is 1. The molecule has 4 heteroatoms. The van der Waals surface area contributed by atoms with Gasteiger partial charge in [-0.15, -0.1) is 11.6 Å². The van der Waals surface area contributed by atoms with Crippen LogP contribution in [0, 0.1) is 0 Å². The molecule has 0 saturated heterocycles. The smallest absolute Gasteiger partial charge is 0.0694 e. The molecular formula is C10H8BrClN2. The van der Waals surface area contributed by atoms with E-state index in [0.29, 0.717) is 5.88 Å². The van der Waals surface area contributed by atoms with Crippen molar-refractivity contribution in [2.24, 2.45) is 0 Å². The first-order chi connectivity index (χ1) is 6.81. The minimum Gasteiger partial charge on any atom is -0.278 e. The van der Waals surface area contributed by atoms with Crippen LogP contribution in [0.2, 0.25) is 0 Å². The molecule has 0 unspecified atom stereocenters. The maximum Gasteiger partial charge on any atom is 0.0694 e. The van der Waals surface area contributed by atoms with Crippen molar-refractivity contribution in [2.45, 2.75) is 5.88 Å². The third-order valence-corrected chi connectivity index (χ3v) is 2.81. The largest absolute Gasteiger partial charge is 0.278 e. The summed E-state index contributed by atoms with van der Waals surface area (Å²) in [5, 5.41) is 6.91. The summed E-state index contributed by atoms with van der Waals surface area (Å²) in [6.07, 6.45) is 1.75. The summed E-state index contributed by atoms with van der Waals surface area (Å²) >= 11 is 9.18. The summed E-state index contributed by atoms with van der Waals surface area (Å²) in [5.41, 5.74) is 3.11. The van der Waals surface area contributed by atoms with Gasteiger partial charge in [0.25, 0.3) is 0 Å². The van der Waals surface area contributed by atoms with E-state index in [0.717, 1.165) is 21.3 Å². The summed E-state index contributed by atoms with van der Waals surface area (Å²) in [4.78, 5) is 0. The molecule has 0 saturated carbocycles. The monoisotopic (exact) mass is 270 g/mol. The second-order valence-electron chi connectivity index (χ2n) is 2.91. The van der Waals surface area contributed by atoms with Crippen LogP contribution in [0.5, 0.6) is 0 Å². The fraction of sp³-hybridized carbons (Fsp3) is 0.100. The number of aromatic nitrogens is 2. The fourth-order valence-electron chi connectivity index (χ4n) is 1.28. The SMILES string of the molecule is ClCc1cn[nH]c1-c1ccc(Br)cc1. The van der Waals surface area contributed by atoms with E-state index in [1.54, 1.807) is 6.20 Å². The van der Waals surface area contributed by atoms with Crippen molar-refractivity contribution in [3.05, 3.63) is 40.5 Å². The molecule has 72 valence electrons. The Balaban J connectivity index is 2.44. The lowest BCUT2D eigenvalue weighted by Gasteiger charge is -2.00. The molecule has 0 bridgehead atoms. The van der Waals surface area contributed by atoms with Gasteiger partial charge >= 0.3 is 0 Å². The molecule has 1 aromatic carbocycles. The molecule has 0 aliphatic rings. The standard InChI is InChI=1S/C10H8BrClN2/c11-9-3-1-7(2-4-9)10-8(5-12)6-13-14-10/h1-4,6H,5H2,(H,13,14). The number of hydrogen-bond donors (Lipinski definition) is 1. The van der Waals surface area contributed by atoms with E-state index >= 15 is 0 Å². The topological polar surface area (TPSA) is 28.7 Å². The lowest BCUT2D eigenvalue weighted by atomic mass is 10.1. The summed E-state index contributed by atoms with van der Waals surface area (Å²) in [6, 6.07) is 8.03. The van der Waals surface area contributed by atoms with E-state index < -0.39 is 0 Å². The molecule has 0 fully saturated rings. The van der Waals surface area contributed by atoms with E-state index in [1.807, 2.05) is 24.3 Å². The molecule has 2 nitrogen and oxygen atoms in total. The van der Waals surface area contributed by atoms with Crippen molar-refractivity contribution in [1.29, 1.82) is 0 Å². The van der Waals surface area contributed by atoms with Crippen LogP contribution in [0.15, 0.2) is 34.9 Å². The van der Waals surface area contributed by atoms with Gasteiger partial charge in [0.15, 0.2) is 0 Å². The van der Waals surface area contributed by atoms with Crippen LogP contribution in [0.4, 0.5) is 0 Å². The molecule has 0 atom stereocenters. The summed E-state index contributed by atoms with van der Waals surface area (Å²) < 4.78 is 1.06. The van der Waals surface area contributed by atoms with Crippen molar-refractivity contribution in [3.8, 4) is 11.3 Å². The fourth-order valence-corrected chi connectivity index (χ4v) is 1.75. The van der Waals surface area contributed by atoms with Gasteiger partial charge in [-0.25, -0.2) is 0 Å². The average molecular weight is 272 g/mol. The van der Waals surface area contributed by atoms with Crippen molar-refractivity contribution in [1.82, 2.24) is 10.2 Å². The second kappa shape index (κ2) is 4.15. The predicted molar refractivity (Wildman–Crippen MR) is 61.3 cm³/mol. The number of benzene rings is 1. The van der Waals surface area contributed by atoms with Gasteiger partial charge in [0.2, 0.25) is 0 Å². The number of halogens is 2.